The summed E-state index contributed by atoms with van der Waals surface area (Å²) in [5, 5.41) is 16.5. The van der Waals surface area contributed by atoms with Crippen molar-refractivity contribution in [3.63, 3.8) is 0 Å². The third-order valence-electron chi connectivity index (χ3n) is 2.84. The van der Waals surface area contributed by atoms with Crippen molar-refractivity contribution in [2.75, 3.05) is 6.54 Å². The van der Waals surface area contributed by atoms with Crippen molar-refractivity contribution in [1.29, 1.82) is 0 Å². The van der Waals surface area contributed by atoms with Gasteiger partial charge in [0.25, 0.3) is 0 Å². The van der Waals surface area contributed by atoms with E-state index in [1.165, 1.54) is 23.1 Å². The molecule has 2 rings (SSSR count). The number of amides is 2. The van der Waals surface area contributed by atoms with E-state index in [0.717, 1.165) is 17.8 Å². The van der Waals surface area contributed by atoms with E-state index in [2.05, 4.69) is 15.6 Å². The molecule has 1 heterocycles. The summed E-state index contributed by atoms with van der Waals surface area (Å²) in [5.74, 6) is -1.02. The average Bonchev–Trinajstić information content (AvgIpc) is 2.72. The van der Waals surface area contributed by atoms with Crippen molar-refractivity contribution in [2.24, 2.45) is 0 Å². The first-order valence-corrected chi connectivity index (χ1v) is 6.75. The fourth-order valence-electron chi connectivity index (χ4n) is 1.60. The Morgan fingerprint density at radius 2 is 2.28 bits per heavy atom. The molecule has 7 heteroatoms. The van der Waals surface area contributed by atoms with Crippen molar-refractivity contribution < 1.29 is 14.7 Å². The summed E-state index contributed by atoms with van der Waals surface area (Å²) >= 11 is 1.30. The van der Waals surface area contributed by atoms with Crippen molar-refractivity contribution in [1.82, 2.24) is 15.6 Å². The lowest BCUT2D eigenvalue weighted by molar-refractivity contribution is 0.0691. The number of nitrogens with zero attached hydrogens (tertiary/aromatic N) is 1. The smallest absolute Gasteiger partial charge is 0.355 e. The zero-order chi connectivity index (χ0) is 13.0. The molecule has 1 fully saturated rings. The zero-order valence-corrected chi connectivity index (χ0v) is 10.6. The largest absolute Gasteiger partial charge is 0.476 e. The molecule has 1 aromatic rings. The monoisotopic (exact) mass is 269 g/mol. The number of carbonyl (C=O) groups is 2. The number of carboxylic acids is 1. The van der Waals surface area contributed by atoms with Gasteiger partial charge in [-0.3, -0.25) is 0 Å². The van der Waals surface area contributed by atoms with E-state index in [1.807, 2.05) is 0 Å². The number of thiazole rings is 1. The molecule has 0 bridgehead atoms. The van der Waals surface area contributed by atoms with Gasteiger partial charge in [-0.25, -0.2) is 14.6 Å². The molecule has 1 aromatic heterocycles. The third kappa shape index (κ3) is 3.43. The number of urea groups is 1. The van der Waals surface area contributed by atoms with Crippen LogP contribution in [0.1, 0.15) is 34.8 Å². The van der Waals surface area contributed by atoms with Gasteiger partial charge in [0, 0.05) is 24.4 Å². The molecule has 0 radical (unpaired) electrons. The van der Waals surface area contributed by atoms with E-state index in [0.29, 0.717) is 19.0 Å². The second-order valence-corrected chi connectivity index (χ2v) is 5.15. The molecular weight excluding hydrogens is 254 g/mol. The van der Waals surface area contributed by atoms with Gasteiger partial charge in [0.05, 0.1) is 5.01 Å². The number of rotatable bonds is 5. The molecule has 0 spiro atoms. The molecule has 0 unspecified atom stereocenters. The lowest BCUT2D eigenvalue weighted by Crippen LogP contribution is -2.45. The molecule has 1 aliphatic rings. The number of hydrogen-bond donors (Lipinski definition) is 3. The van der Waals surface area contributed by atoms with Crippen LogP contribution in [0.4, 0.5) is 4.79 Å². The Labute approximate surface area is 108 Å². The molecule has 3 N–H and O–H groups in total. The van der Waals surface area contributed by atoms with Gasteiger partial charge in [0.2, 0.25) is 0 Å². The minimum absolute atomic E-state index is 0.0638. The van der Waals surface area contributed by atoms with E-state index in [9.17, 15) is 9.59 Å². The topological polar surface area (TPSA) is 91.3 Å². The summed E-state index contributed by atoms with van der Waals surface area (Å²) < 4.78 is 0. The SMILES string of the molecule is O=C(NCCc1nc(C(=O)O)cs1)NC1CCC1. The zero-order valence-electron chi connectivity index (χ0n) is 9.81. The number of hydrogen-bond acceptors (Lipinski definition) is 4. The van der Waals surface area contributed by atoms with E-state index >= 15 is 0 Å². The molecule has 0 aliphatic heterocycles. The number of aromatic nitrogens is 1. The van der Waals surface area contributed by atoms with Crippen molar-refractivity contribution >= 4 is 23.3 Å². The highest BCUT2D eigenvalue weighted by Crippen LogP contribution is 2.17. The fraction of sp³-hybridized carbons (Fsp3) is 0.545. The van der Waals surface area contributed by atoms with Crippen LogP contribution < -0.4 is 10.6 Å². The van der Waals surface area contributed by atoms with E-state index in [4.69, 9.17) is 5.11 Å². The summed E-state index contributed by atoms with van der Waals surface area (Å²) in [5.41, 5.74) is 0.0638. The Bertz CT molecular complexity index is 442. The summed E-state index contributed by atoms with van der Waals surface area (Å²) in [7, 11) is 0. The highest BCUT2D eigenvalue weighted by molar-refractivity contribution is 7.09. The maximum absolute atomic E-state index is 11.4. The first-order valence-electron chi connectivity index (χ1n) is 5.87. The molecule has 1 aliphatic carbocycles. The van der Waals surface area contributed by atoms with Crippen LogP contribution in [0.2, 0.25) is 0 Å². The highest BCUT2D eigenvalue weighted by atomic mass is 32.1. The van der Waals surface area contributed by atoms with Crippen LogP contribution in [0.5, 0.6) is 0 Å². The van der Waals surface area contributed by atoms with Gasteiger partial charge in [0.15, 0.2) is 5.69 Å². The molecular formula is C11H15N3O3S. The first-order chi connectivity index (χ1) is 8.65. The average molecular weight is 269 g/mol. The van der Waals surface area contributed by atoms with Gasteiger partial charge in [-0.2, -0.15) is 0 Å². The van der Waals surface area contributed by atoms with Crippen molar-refractivity contribution in [3.05, 3.63) is 16.1 Å². The third-order valence-corrected chi connectivity index (χ3v) is 3.74. The lowest BCUT2D eigenvalue weighted by Gasteiger charge is -2.26. The Kier molecular flexibility index (Phi) is 4.14. The Morgan fingerprint density at radius 1 is 1.50 bits per heavy atom. The van der Waals surface area contributed by atoms with Crippen molar-refractivity contribution in [3.8, 4) is 0 Å². The lowest BCUT2D eigenvalue weighted by atomic mass is 9.93. The quantitative estimate of drug-likeness (QED) is 0.750. The van der Waals surface area contributed by atoms with Crippen LogP contribution in [-0.2, 0) is 6.42 Å². The number of carboxylic acid groups (broad SMARTS) is 1. The van der Waals surface area contributed by atoms with Gasteiger partial charge in [-0.15, -0.1) is 11.3 Å². The second-order valence-electron chi connectivity index (χ2n) is 4.21. The highest BCUT2D eigenvalue weighted by Gasteiger charge is 2.18. The summed E-state index contributed by atoms with van der Waals surface area (Å²) in [6.07, 6.45) is 3.85. The number of aromatic carboxylic acids is 1. The Balaban J connectivity index is 1.67. The number of carbonyl (C=O) groups excluding carboxylic acids is 1. The summed E-state index contributed by atoms with van der Waals surface area (Å²) in [4.78, 5) is 26.0. The molecule has 0 aromatic carbocycles. The molecule has 1 saturated carbocycles. The Hall–Kier alpha value is -1.63. The number of nitrogens with one attached hydrogen (secondary N) is 2. The maximum Gasteiger partial charge on any atom is 0.355 e. The molecule has 98 valence electrons. The van der Waals surface area contributed by atoms with Gasteiger partial charge in [0.1, 0.15) is 0 Å². The van der Waals surface area contributed by atoms with Crippen LogP contribution >= 0.6 is 11.3 Å². The van der Waals surface area contributed by atoms with Gasteiger partial charge < -0.3 is 15.7 Å². The maximum atomic E-state index is 11.4. The van der Waals surface area contributed by atoms with Gasteiger partial charge >= 0.3 is 12.0 Å². The van der Waals surface area contributed by atoms with Crippen molar-refractivity contribution in [2.45, 2.75) is 31.7 Å². The predicted molar refractivity (Wildman–Crippen MR) is 67.0 cm³/mol. The van der Waals surface area contributed by atoms with E-state index in [-0.39, 0.29) is 11.7 Å². The van der Waals surface area contributed by atoms with Crippen LogP contribution in [-0.4, -0.2) is 34.7 Å². The molecule has 18 heavy (non-hydrogen) atoms. The van der Waals surface area contributed by atoms with Crippen LogP contribution in [0.25, 0.3) is 0 Å². The predicted octanol–water partition coefficient (Wildman–Crippen LogP) is 1.24. The van der Waals surface area contributed by atoms with Crippen LogP contribution in [0, 0.1) is 0 Å². The summed E-state index contributed by atoms with van der Waals surface area (Å²) in [6.45, 7) is 0.463. The second kappa shape index (κ2) is 5.81. The standard InChI is InChI=1S/C11H15N3O3S/c15-10(16)8-6-18-9(14-8)4-5-12-11(17)13-7-2-1-3-7/h6-7H,1-5H2,(H,15,16)(H2,12,13,17). The normalized spacial score (nSPS) is 14.9. The van der Waals surface area contributed by atoms with Gasteiger partial charge in [-0.1, -0.05) is 0 Å². The molecule has 2 amide bonds. The summed E-state index contributed by atoms with van der Waals surface area (Å²) in [6, 6.07) is 0.165. The van der Waals surface area contributed by atoms with E-state index < -0.39 is 5.97 Å². The van der Waals surface area contributed by atoms with Gasteiger partial charge in [-0.05, 0) is 19.3 Å². The first kappa shape index (κ1) is 12.8. The molecule has 6 nitrogen and oxygen atoms in total. The fourth-order valence-corrected chi connectivity index (χ4v) is 2.37. The molecule has 0 saturated heterocycles. The minimum Gasteiger partial charge on any atom is -0.476 e. The van der Waals surface area contributed by atoms with E-state index in [1.54, 1.807) is 0 Å². The Morgan fingerprint density at radius 3 is 2.83 bits per heavy atom. The van der Waals surface area contributed by atoms with Crippen LogP contribution in [0.3, 0.4) is 0 Å². The molecule has 0 atom stereocenters. The minimum atomic E-state index is -1.02. The van der Waals surface area contributed by atoms with Crippen LogP contribution in [0.15, 0.2) is 5.38 Å².